The highest BCUT2D eigenvalue weighted by Gasteiger charge is 2.19. The van der Waals surface area contributed by atoms with E-state index in [-0.39, 0.29) is 12.2 Å². The number of hydrogen-bond donors (Lipinski definition) is 1. The number of methoxy groups -OCH3 is 1. The number of carboxylic acids is 1. The monoisotopic (exact) mass is 206 g/mol. The normalized spacial score (nSPS) is 13.5. The molecule has 1 aromatic rings. The van der Waals surface area contributed by atoms with Crippen LogP contribution in [-0.4, -0.2) is 24.8 Å². The Balaban J connectivity index is 2.48. The second kappa shape index (κ2) is 3.65. The Bertz CT molecular complexity index is 434. The molecule has 0 radical (unpaired) electrons. The Labute approximate surface area is 86.7 Å². The van der Waals surface area contributed by atoms with Gasteiger partial charge < -0.3 is 14.6 Å². The van der Waals surface area contributed by atoms with Gasteiger partial charge >= 0.3 is 5.97 Å². The fourth-order valence-electron chi connectivity index (χ4n) is 1.50. The first-order valence-electron chi connectivity index (χ1n) is 4.47. The number of hydrogen-bond acceptors (Lipinski definition) is 3. The van der Waals surface area contributed by atoms with Gasteiger partial charge in [-0.15, -0.1) is 0 Å². The lowest BCUT2D eigenvalue weighted by atomic mass is 10.0. The zero-order chi connectivity index (χ0) is 10.8. The average molecular weight is 206 g/mol. The van der Waals surface area contributed by atoms with Crippen molar-refractivity contribution in [2.45, 2.75) is 0 Å². The minimum Gasteiger partial charge on any atom is -0.497 e. The van der Waals surface area contributed by atoms with Crippen LogP contribution >= 0.6 is 0 Å². The molecule has 0 saturated carbocycles. The summed E-state index contributed by atoms with van der Waals surface area (Å²) < 4.78 is 10.4. The third kappa shape index (κ3) is 1.66. The lowest BCUT2D eigenvalue weighted by Crippen LogP contribution is -2.10. The summed E-state index contributed by atoms with van der Waals surface area (Å²) in [5, 5.41) is 8.96. The van der Waals surface area contributed by atoms with E-state index in [0.717, 1.165) is 0 Å². The summed E-state index contributed by atoms with van der Waals surface area (Å²) in [6, 6.07) is 5.09. The molecule has 78 valence electrons. The fraction of sp³-hybridized carbons (Fsp3) is 0.182. The van der Waals surface area contributed by atoms with Gasteiger partial charge in [-0.3, -0.25) is 0 Å². The molecule has 1 N–H and O–H groups in total. The first kappa shape index (κ1) is 9.58. The van der Waals surface area contributed by atoms with E-state index in [1.807, 2.05) is 0 Å². The highest BCUT2D eigenvalue weighted by atomic mass is 16.5. The van der Waals surface area contributed by atoms with Crippen LogP contribution in [-0.2, 0) is 4.79 Å². The van der Waals surface area contributed by atoms with E-state index >= 15 is 0 Å². The van der Waals surface area contributed by atoms with Crippen molar-refractivity contribution in [3.05, 3.63) is 29.8 Å². The van der Waals surface area contributed by atoms with Crippen molar-refractivity contribution >= 4 is 11.5 Å². The number of fused-ring (bicyclic) bond motifs is 1. The van der Waals surface area contributed by atoms with Crippen LogP contribution in [0.2, 0.25) is 0 Å². The molecule has 4 nitrogen and oxygen atoms in total. The van der Waals surface area contributed by atoms with Crippen molar-refractivity contribution in [2.24, 2.45) is 0 Å². The molecule has 0 bridgehead atoms. The molecule has 0 unspecified atom stereocenters. The van der Waals surface area contributed by atoms with Gasteiger partial charge in [-0.2, -0.15) is 0 Å². The van der Waals surface area contributed by atoms with E-state index in [9.17, 15) is 4.79 Å². The molecule has 0 spiro atoms. The number of benzene rings is 1. The van der Waals surface area contributed by atoms with Gasteiger partial charge in [0.15, 0.2) is 0 Å². The van der Waals surface area contributed by atoms with Crippen LogP contribution in [0.3, 0.4) is 0 Å². The molecule has 1 aliphatic heterocycles. The van der Waals surface area contributed by atoms with Gasteiger partial charge in [-0.25, -0.2) is 4.79 Å². The molecule has 0 saturated heterocycles. The molecule has 1 aliphatic rings. The average Bonchev–Trinajstić information content (AvgIpc) is 2.27. The Kier molecular flexibility index (Phi) is 2.33. The first-order chi connectivity index (χ1) is 7.22. The number of carboxylic acid groups (broad SMARTS) is 1. The van der Waals surface area contributed by atoms with E-state index in [2.05, 4.69) is 0 Å². The third-order valence-corrected chi connectivity index (χ3v) is 2.24. The summed E-state index contributed by atoms with van der Waals surface area (Å²) in [4.78, 5) is 10.9. The van der Waals surface area contributed by atoms with E-state index in [1.54, 1.807) is 31.4 Å². The fourth-order valence-corrected chi connectivity index (χ4v) is 1.50. The van der Waals surface area contributed by atoms with Crippen LogP contribution in [0.15, 0.2) is 24.3 Å². The third-order valence-electron chi connectivity index (χ3n) is 2.24. The van der Waals surface area contributed by atoms with Gasteiger partial charge in [-0.1, -0.05) is 0 Å². The molecule has 2 rings (SSSR count). The Morgan fingerprint density at radius 3 is 3.00 bits per heavy atom. The van der Waals surface area contributed by atoms with E-state index in [0.29, 0.717) is 17.1 Å². The number of ether oxygens (including phenoxy) is 2. The van der Waals surface area contributed by atoms with Gasteiger partial charge in [0.05, 0.1) is 12.7 Å². The Hall–Kier alpha value is -1.97. The minimum atomic E-state index is -0.940. The van der Waals surface area contributed by atoms with E-state index in [1.165, 1.54) is 0 Å². The van der Waals surface area contributed by atoms with Gasteiger partial charge in [0, 0.05) is 11.6 Å². The maximum absolute atomic E-state index is 10.9. The summed E-state index contributed by atoms with van der Waals surface area (Å²) in [5.74, 6) is 0.263. The van der Waals surface area contributed by atoms with Crippen molar-refractivity contribution < 1.29 is 19.4 Å². The molecule has 1 heterocycles. The molecule has 0 aromatic heterocycles. The quantitative estimate of drug-likeness (QED) is 0.797. The largest absolute Gasteiger partial charge is 0.497 e. The second-order valence-electron chi connectivity index (χ2n) is 3.10. The number of aliphatic carboxylic acids is 1. The summed E-state index contributed by atoms with van der Waals surface area (Å²) in [6.45, 7) is 0.280. The maximum Gasteiger partial charge on any atom is 0.336 e. The van der Waals surface area contributed by atoms with Gasteiger partial charge in [0.1, 0.15) is 18.1 Å². The Morgan fingerprint density at radius 2 is 2.33 bits per heavy atom. The standard InChI is InChI=1S/C11H10O4/c1-14-7-2-3-8-9(11(12)13)4-5-15-10(8)6-7/h2-4,6H,5H2,1H3,(H,12,13). The number of carbonyl (C=O) groups is 1. The highest BCUT2D eigenvalue weighted by molar-refractivity contribution is 6.16. The van der Waals surface area contributed by atoms with Gasteiger partial charge in [0.2, 0.25) is 0 Å². The van der Waals surface area contributed by atoms with Crippen molar-refractivity contribution in [1.82, 2.24) is 0 Å². The van der Waals surface area contributed by atoms with Crippen LogP contribution in [0.5, 0.6) is 11.5 Å². The maximum atomic E-state index is 10.9. The lowest BCUT2D eigenvalue weighted by molar-refractivity contribution is -0.130. The zero-order valence-electron chi connectivity index (χ0n) is 8.19. The molecule has 0 atom stereocenters. The van der Waals surface area contributed by atoms with Crippen molar-refractivity contribution in [3.8, 4) is 11.5 Å². The van der Waals surface area contributed by atoms with Crippen molar-refractivity contribution in [3.63, 3.8) is 0 Å². The van der Waals surface area contributed by atoms with E-state index in [4.69, 9.17) is 14.6 Å². The van der Waals surface area contributed by atoms with Crippen LogP contribution in [0.1, 0.15) is 5.56 Å². The molecular formula is C11H10O4. The first-order valence-corrected chi connectivity index (χ1v) is 4.47. The van der Waals surface area contributed by atoms with Crippen molar-refractivity contribution in [2.75, 3.05) is 13.7 Å². The summed E-state index contributed by atoms with van der Waals surface area (Å²) in [5.41, 5.74) is 0.869. The Morgan fingerprint density at radius 1 is 1.53 bits per heavy atom. The summed E-state index contributed by atoms with van der Waals surface area (Å²) in [7, 11) is 1.55. The van der Waals surface area contributed by atoms with Crippen LogP contribution in [0.25, 0.3) is 5.57 Å². The smallest absolute Gasteiger partial charge is 0.336 e. The van der Waals surface area contributed by atoms with Crippen LogP contribution in [0.4, 0.5) is 0 Å². The second-order valence-corrected chi connectivity index (χ2v) is 3.10. The predicted molar refractivity (Wildman–Crippen MR) is 54.1 cm³/mol. The lowest BCUT2D eigenvalue weighted by Gasteiger charge is -2.16. The highest BCUT2D eigenvalue weighted by Crippen LogP contribution is 2.32. The minimum absolute atomic E-state index is 0.277. The van der Waals surface area contributed by atoms with Crippen LogP contribution < -0.4 is 9.47 Å². The molecule has 15 heavy (non-hydrogen) atoms. The molecule has 0 amide bonds. The van der Waals surface area contributed by atoms with Crippen LogP contribution in [0, 0.1) is 0 Å². The molecule has 1 aromatic carbocycles. The van der Waals surface area contributed by atoms with Gasteiger partial charge in [0.25, 0.3) is 0 Å². The molecule has 4 heteroatoms. The van der Waals surface area contributed by atoms with Crippen molar-refractivity contribution in [1.29, 1.82) is 0 Å². The van der Waals surface area contributed by atoms with E-state index < -0.39 is 5.97 Å². The SMILES string of the molecule is COc1ccc2c(c1)OCC=C2C(=O)O. The zero-order valence-corrected chi connectivity index (χ0v) is 8.19. The predicted octanol–water partition coefficient (Wildman–Crippen LogP) is 1.56. The molecular weight excluding hydrogens is 196 g/mol. The molecule has 0 aliphatic carbocycles. The topological polar surface area (TPSA) is 55.8 Å². The number of rotatable bonds is 2. The van der Waals surface area contributed by atoms with Gasteiger partial charge in [-0.05, 0) is 18.2 Å². The summed E-state index contributed by atoms with van der Waals surface area (Å²) >= 11 is 0. The molecule has 0 fully saturated rings. The summed E-state index contributed by atoms with van der Waals surface area (Å²) in [6.07, 6.45) is 1.55.